The van der Waals surface area contributed by atoms with E-state index in [1.165, 1.54) is 5.69 Å². The van der Waals surface area contributed by atoms with E-state index in [0.717, 1.165) is 29.0 Å². The van der Waals surface area contributed by atoms with Gasteiger partial charge in [-0.05, 0) is 46.5 Å². The van der Waals surface area contributed by atoms with E-state index >= 15 is 0 Å². The van der Waals surface area contributed by atoms with Gasteiger partial charge in [0, 0.05) is 35.3 Å². The second-order valence-corrected chi connectivity index (χ2v) is 6.83. The highest BCUT2D eigenvalue weighted by atomic mass is 79.9. The van der Waals surface area contributed by atoms with Crippen molar-refractivity contribution in [1.29, 1.82) is 0 Å². The SMILES string of the molecule is CCC1CNC(C(C)C)CN1c1ccc(Br)c(Cl)c1. The maximum Gasteiger partial charge on any atom is 0.0568 e. The number of anilines is 1. The van der Waals surface area contributed by atoms with E-state index in [1.54, 1.807) is 0 Å². The van der Waals surface area contributed by atoms with Crippen molar-refractivity contribution in [3.63, 3.8) is 0 Å². The Morgan fingerprint density at radius 3 is 2.79 bits per heavy atom. The van der Waals surface area contributed by atoms with Crippen LogP contribution in [0.15, 0.2) is 22.7 Å². The fourth-order valence-corrected chi connectivity index (χ4v) is 3.04. The fourth-order valence-electron chi connectivity index (χ4n) is 2.61. The molecule has 1 aliphatic rings. The van der Waals surface area contributed by atoms with Crippen molar-refractivity contribution in [1.82, 2.24) is 5.32 Å². The molecule has 2 nitrogen and oxygen atoms in total. The van der Waals surface area contributed by atoms with Gasteiger partial charge in [0.05, 0.1) is 5.02 Å². The lowest BCUT2D eigenvalue weighted by Crippen LogP contribution is -2.58. The van der Waals surface area contributed by atoms with Crippen LogP contribution < -0.4 is 10.2 Å². The zero-order chi connectivity index (χ0) is 14.0. The van der Waals surface area contributed by atoms with Crippen molar-refractivity contribution in [3.05, 3.63) is 27.7 Å². The average molecular weight is 346 g/mol. The Morgan fingerprint density at radius 1 is 1.47 bits per heavy atom. The molecule has 0 aromatic heterocycles. The number of hydrogen-bond donors (Lipinski definition) is 1. The highest BCUT2D eigenvalue weighted by Crippen LogP contribution is 2.30. The summed E-state index contributed by atoms with van der Waals surface area (Å²) in [5.41, 5.74) is 1.23. The van der Waals surface area contributed by atoms with Crippen LogP contribution in [-0.2, 0) is 0 Å². The molecule has 1 heterocycles. The van der Waals surface area contributed by atoms with E-state index in [2.05, 4.69) is 59.1 Å². The summed E-state index contributed by atoms with van der Waals surface area (Å²) >= 11 is 9.69. The molecule has 0 saturated carbocycles. The zero-order valence-corrected chi connectivity index (χ0v) is 14.1. The number of piperazine rings is 1. The van der Waals surface area contributed by atoms with Crippen LogP contribution in [0.25, 0.3) is 0 Å². The first kappa shape index (κ1) is 15.1. The smallest absolute Gasteiger partial charge is 0.0568 e. The molecular weight excluding hydrogens is 324 g/mol. The molecule has 0 bridgehead atoms. The van der Waals surface area contributed by atoms with Crippen LogP contribution in [0.3, 0.4) is 0 Å². The average Bonchev–Trinajstić information content (AvgIpc) is 2.41. The second kappa shape index (κ2) is 6.47. The third-order valence-corrected chi connectivity index (χ3v) is 5.19. The predicted octanol–water partition coefficient (Wildman–Crippen LogP) is 4.32. The van der Waals surface area contributed by atoms with Crippen LogP contribution in [0.1, 0.15) is 27.2 Å². The summed E-state index contributed by atoms with van der Waals surface area (Å²) in [5, 5.41) is 4.45. The van der Waals surface area contributed by atoms with Crippen LogP contribution >= 0.6 is 27.5 Å². The summed E-state index contributed by atoms with van der Waals surface area (Å²) in [7, 11) is 0. The van der Waals surface area contributed by atoms with Gasteiger partial charge in [0.2, 0.25) is 0 Å². The minimum atomic E-state index is 0.547. The second-order valence-electron chi connectivity index (χ2n) is 5.57. The number of halogens is 2. The lowest BCUT2D eigenvalue weighted by atomic mass is 9.98. The Labute approximate surface area is 129 Å². The van der Waals surface area contributed by atoms with Crippen LogP contribution in [-0.4, -0.2) is 25.2 Å². The molecular formula is C15H22BrClN2. The summed E-state index contributed by atoms with van der Waals surface area (Å²) in [5.74, 6) is 0.645. The van der Waals surface area contributed by atoms with Crippen molar-refractivity contribution in [2.24, 2.45) is 5.92 Å². The van der Waals surface area contributed by atoms with Crippen molar-refractivity contribution in [3.8, 4) is 0 Å². The summed E-state index contributed by atoms with van der Waals surface area (Å²) in [4.78, 5) is 2.50. The highest BCUT2D eigenvalue weighted by molar-refractivity contribution is 9.10. The van der Waals surface area contributed by atoms with Crippen LogP contribution in [0.4, 0.5) is 5.69 Å². The maximum atomic E-state index is 6.23. The summed E-state index contributed by atoms with van der Waals surface area (Å²) in [6.45, 7) is 8.89. The third-order valence-electron chi connectivity index (χ3n) is 3.96. The normalized spacial score (nSPS) is 24.0. The van der Waals surface area contributed by atoms with Gasteiger partial charge < -0.3 is 10.2 Å². The third kappa shape index (κ3) is 3.45. The minimum absolute atomic E-state index is 0.547. The van der Waals surface area contributed by atoms with Gasteiger partial charge in [-0.15, -0.1) is 0 Å². The Kier molecular flexibility index (Phi) is 5.15. The number of hydrogen-bond acceptors (Lipinski definition) is 2. The van der Waals surface area contributed by atoms with Gasteiger partial charge in [-0.3, -0.25) is 0 Å². The van der Waals surface area contributed by atoms with E-state index in [1.807, 2.05) is 6.07 Å². The Balaban J connectivity index is 2.24. The standard InChI is InChI=1S/C15H22BrClN2/c1-4-11-8-18-15(10(2)3)9-19(11)12-5-6-13(16)14(17)7-12/h5-7,10-11,15,18H,4,8-9H2,1-3H3. The van der Waals surface area contributed by atoms with Crippen molar-refractivity contribution >= 4 is 33.2 Å². The molecule has 1 fully saturated rings. The Morgan fingerprint density at radius 2 is 2.21 bits per heavy atom. The maximum absolute atomic E-state index is 6.23. The molecule has 1 N–H and O–H groups in total. The lowest BCUT2D eigenvalue weighted by Gasteiger charge is -2.43. The molecule has 1 aromatic rings. The number of nitrogens with zero attached hydrogens (tertiary/aromatic N) is 1. The van der Waals surface area contributed by atoms with Crippen LogP contribution in [0, 0.1) is 5.92 Å². The first-order chi connectivity index (χ1) is 9.02. The Hall–Kier alpha value is -0.250. The van der Waals surface area contributed by atoms with Gasteiger partial charge >= 0.3 is 0 Å². The quantitative estimate of drug-likeness (QED) is 0.878. The highest BCUT2D eigenvalue weighted by Gasteiger charge is 2.28. The molecule has 2 atom stereocenters. The Bertz CT molecular complexity index is 436. The van der Waals surface area contributed by atoms with E-state index < -0.39 is 0 Å². The molecule has 2 rings (SSSR count). The molecule has 0 radical (unpaired) electrons. The lowest BCUT2D eigenvalue weighted by molar-refractivity contribution is 0.325. The summed E-state index contributed by atoms with van der Waals surface area (Å²) < 4.78 is 0.960. The molecule has 1 aliphatic heterocycles. The van der Waals surface area contributed by atoms with Crippen molar-refractivity contribution in [2.45, 2.75) is 39.3 Å². The fraction of sp³-hybridized carbons (Fsp3) is 0.600. The molecule has 0 aliphatic carbocycles. The summed E-state index contributed by atoms with van der Waals surface area (Å²) in [6, 6.07) is 7.35. The largest absolute Gasteiger partial charge is 0.366 e. The first-order valence-corrected chi connectivity index (χ1v) is 8.15. The predicted molar refractivity (Wildman–Crippen MR) is 87.2 cm³/mol. The van der Waals surface area contributed by atoms with E-state index in [-0.39, 0.29) is 0 Å². The molecule has 2 unspecified atom stereocenters. The first-order valence-electron chi connectivity index (χ1n) is 6.98. The molecule has 0 amide bonds. The van der Waals surface area contributed by atoms with Crippen LogP contribution in [0.5, 0.6) is 0 Å². The molecule has 1 saturated heterocycles. The van der Waals surface area contributed by atoms with Gasteiger partial charge in [0.25, 0.3) is 0 Å². The molecule has 1 aromatic carbocycles. The van der Waals surface area contributed by atoms with Gasteiger partial charge in [0.1, 0.15) is 0 Å². The molecule has 19 heavy (non-hydrogen) atoms. The van der Waals surface area contributed by atoms with Crippen LogP contribution in [0.2, 0.25) is 5.02 Å². The van der Waals surface area contributed by atoms with Gasteiger partial charge in [-0.25, -0.2) is 0 Å². The zero-order valence-electron chi connectivity index (χ0n) is 11.8. The number of benzene rings is 1. The minimum Gasteiger partial charge on any atom is -0.366 e. The van der Waals surface area contributed by atoms with Gasteiger partial charge in [-0.1, -0.05) is 32.4 Å². The number of nitrogens with one attached hydrogen (secondary N) is 1. The molecule has 0 spiro atoms. The van der Waals surface area contributed by atoms with E-state index in [4.69, 9.17) is 11.6 Å². The van der Waals surface area contributed by atoms with Crippen molar-refractivity contribution < 1.29 is 0 Å². The topological polar surface area (TPSA) is 15.3 Å². The molecule has 106 valence electrons. The van der Waals surface area contributed by atoms with Crippen molar-refractivity contribution in [2.75, 3.05) is 18.0 Å². The summed E-state index contributed by atoms with van der Waals surface area (Å²) in [6.07, 6.45) is 1.14. The van der Waals surface area contributed by atoms with E-state index in [9.17, 15) is 0 Å². The van der Waals surface area contributed by atoms with Gasteiger partial charge in [-0.2, -0.15) is 0 Å². The van der Waals surface area contributed by atoms with Gasteiger partial charge in [0.15, 0.2) is 0 Å². The number of rotatable bonds is 3. The molecule has 4 heteroatoms. The monoisotopic (exact) mass is 344 g/mol. The van der Waals surface area contributed by atoms with E-state index in [0.29, 0.717) is 18.0 Å².